The molecule has 1 saturated heterocycles. The largest absolute Gasteiger partial charge is 0.374 e. The molecule has 102 valence electrons. The molecular formula is C13H27NO3. The molecule has 1 aliphatic rings. The van der Waals surface area contributed by atoms with Crippen LogP contribution in [0.4, 0.5) is 0 Å². The van der Waals surface area contributed by atoms with E-state index in [4.69, 9.17) is 14.2 Å². The van der Waals surface area contributed by atoms with E-state index in [9.17, 15) is 0 Å². The molecule has 4 nitrogen and oxygen atoms in total. The maximum absolute atomic E-state index is 5.97. The quantitative estimate of drug-likeness (QED) is 0.663. The molecule has 4 heteroatoms. The molecule has 1 rings (SSSR count). The van der Waals surface area contributed by atoms with Gasteiger partial charge in [0.25, 0.3) is 0 Å². The molecule has 0 amide bonds. The maximum atomic E-state index is 5.97. The van der Waals surface area contributed by atoms with Crippen LogP contribution in [-0.2, 0) is 14.2 Å². The number of piperidine rings is 1. The van der Waals surface area contributed by atoms with Gasteiger partial charge in [-0.1, -0.05) is 0 Å². The molecule has 1 unspecified atom stereocenters. The average molecular weight is 245 g/mol. The number of hydrogen-bond donors (Lipinski definition) is 1. The molecule has 0 bridgehead atoms. The molecule has 0 spiro atoms. The smallest absolute Gasteiger partial charge is 0.159 e. The van der Waals surface area contributed by atoms with Gasteiger partial charge < -0.3 is 19.5 Å². The van der Waals surface area contributed by atoms with Crippen molar-refractivity contribution in [3.8, 4) is 0 Å². The van der Waals surface area contributed by atoms with E-state index in [1.165, 1.54) is 6.42 Å². The number of hydrogen-bond acceptors (Lipinski definition) is 4. The topological polar surface area (TPSA) is 39.7 Å². The summed E-state index contributed by atoms with van der Waals surface area (Å²) in [6.45, 7) is 10.3. The summed E-state index contributed by atoms with van der Waals surface area (Å²) in [7, 11) is 0. The van der Waals surface area contributed by atoms with Gasteiger partial charge in [0.2, 0.25) is 0 Å². The second-order valence-corrected chi connectivity index (χ2v) is 4.71. The van der Waals surface area contributed by atoms with Crippen molar-refractivity contribution in [1.82, 2.24) is 5.32 Å². The summed E-state index contributed by atoms with van der Waals surface area (Å²) in [5.41, 5.74) is -0.0127. The third-order valence-corrected chi connectivity index (χ3v) is 3.07. The van der Waals surface area contributed by atoms with E-state index >= 15 is 0 Å². The van der Waals surface area contributed by atoms with Gasteiger partial charge in [-0.25, -0.2) is 0 Å². The minimum Gasteiger partial charge on any atom is -0.374 e. The van der Waals surface area contributed by atoms with Gasteiger partial charge in [0.05, 0.1) is 12.2 Å². The summed E-state index contributed by atoms with van der Waals surface area (Å²) in [5.74, 6) is 0. The average Bonchev–Trinajstić information content (AvgIpc) is 2.30. The molecule has 0 aromatic carbocycles. The summed E-state index contributed by atoms with van der Waals surface area (Å²) < 4.78 is 16.9. The van der Waals surface area contributed by atoms with Crippen molar-refractivity contribution in [3.05, 3.63) is 0 Å². The van der Waals surface area contributed by atoms with Gasteiger partial charge in [0, 0.05) is 26.2 Å². The number of nitrogens with one attached hydrogen (secondary N) is 1. The first kappa shape index (κ1) is 14.9. The Kier molecular flexibility index (Phi) is 7.04. The third kappa shape index (κ3) is 5.82. The molecule has 1 heterocycles. The number of ether oxygens (including phenoxy) is 3. The molecule has 1 aliphatic heterocycles. The zero-order chi connectivity index (χ0) is 12.6. The van der Waals surface area contributed by atoms with Crippen molar-refractivity contribution < 1.29 is 14.2 Å². The Balaban J connectivity index is 2.19. The molecule has 0 aromatic heterocycles. The van der Waals surface area contributed by atoms with Crippen molar-refractivity contribution in [3.63, 3.8) is 0 Å². The van der Waals surface area contributed by atoms with Crippen LogP contribution in [0.15, 0.2) is 0 Å². The zero-order valence-electron chi connectivity index (χ0n) is 11.5. The van der Waals surface area contributed by atoms with Crippen LogP contribution in [0.5, 0.6) is 0 Å². The van der Waals surface area contributed by atoms with E-state index in [-0.39, 0.29) is 11.9 Å². The molecule has 0 aliphatic carbocycles. The van der Waals surface area contributed by atoms with Crippen molar-refractivity contribution in [2.75, 3.05) is 32.9 Å². The molecule has 0 aromatic rings. The highest BCUT2D eigenvalue weighted by atomic mass is 16.7. The summed E-state index contributed by atoms with van der Waals surface area (Å²) >= 11 is 0. The van der Waals surface area contributed by atoms with Crippen LogP contribution in [0.3, 0.4) is 0 Å². The summed E-state index contributed by atoms with van der Waals surface area (Å²) in [6, 6.07) is 0. The van der Waals surface area contributed by atoms with E-state index in [1.54, 1.807) is 0 Å². The molecule has 0 radical (unpaired) electrons. The van der Waals surface area contributed by atoms with Gasteiger partial charge >= 0.3 is 0 Å². The normalized spacial score (nSPS) is 25.4. The monoisotopic (exact) mass is 245 g/mol. The van der Waals surface area contributed by atoms with Gasteiger partial charge in [0.15, 0.2) is 6.29 Å². The Morgan fingerprint density at radius 1 is 1.24 bits per heavy atom. The SMILES string of the molecule is CCOC(CCOC1(C)CCCNC1)OCC. The first-order valence-electron chi connectivity index (χ1n) is 6.78. The van der Waals surface area contributed by atoms with E-state index in [0.717, 1.165) is 25.9 Å². The summed E-state index contributed by atoms with van der Waals surface area (Å²) in [6.07, 6.45) is 3.01. The Morgan fingerprint density at radius 3 is 2.47 bits per heavy atom. The lowest BCUT2D eigenvalue weighted by molar-refractivity contribution is -0.156. The fraction of sp³-hybridized carbons (Fsp3) is 1.00. The molecule has 1 fully saturated rings. The van der Waals surface area contributed by atoms with Crippen LogP contribution < -0.4 is 5.32 Å². The second-order valence-electron chi connectivity index (χ2n) is 4.71. The molecule has 1 atom stereocenters. The highest BCUT2D eigenvalue weighted by Gasteiger charge is 2.27. The van der Waals surface area contributed by atoms with Crippen LogP contribution >= 0.6 is 0 Å². The molecule has 17 heavy (non-hydrogen) atoms. The van der Waals surface area contributed by atoms with Gasteiger partial charge in [-0.3, -0.25) is 0 Å². The van der Waals surface area contributed by atoms with Crippen LogP contribution in [-0.4, -0.2) is 44.8 Å². The van der Waals surface area contributed by atoms with Crippen LogP contribution in [0.2, 0.25) is 0 Å². The predicted molar refractivity (Wildman–Crippen MR) is 68.1 cm³/mol. The first-order chi connectivity index (χ1) is 8.20. The minimum atomic E-state index is -0.120. The molecule has 0 saturated carbocycles. The first-order valence-corrected chi connectivity index (χ1v) is 6.78. The second kappa shape index (κ2) is 8.03. The Hall–Kier alpha value is -0.160. The lowest BCUT2D eigenvalue weighted by atomic mass is 9.96. The maximum Gasteiger partial charge on any atom is 0.159 e. The van der Waals surface area contributed by atoms with Gasteiger partial charge in [0.1, 0.15) is 0 Å². The van der Waals surface area contributed by atoms with E-state index in [0.29, 0.717) is 19.8 Å². The standard InChI is InChI=1S/C13H27NO3/c1-4-15-12(16-5-2)7-10-17-13(3)8-6-9-14-11-13/h12,14H,4-11H2,1-3H3. The lowest BCUT2D eigenvalue weighted by Crippen LogP contribution is -2.45. The Morgan fingerprint density at radius 2 is 1.94 bits per heavy atom. The van der Waals surface area contributed by atoms with Crippen molar-refractivity contribution in [2.24, 2.45) is 0 Å². The fourth-order valence-electron chi connectivity index (χ4n) is 2.14. The van der Waals surface area contributed by atoms with E-state index in [2.05, 4.69) is 12.2 Å². The van der Waals surface area contributed by atoms with E-state index < -0.39 is 0 Å². The summed E-state index contributed by atoms with van der Waals surface area (Å²) in [5, 5.41) is 3.38. The Bertz CT molecular complexity index is 187. The van der Waals surface area contributed by atoms with E-state index in [1.807, 2.05) is 13.8 Å². The van der Waals surface area contributed by atoms with Crippen molar-refractivity contribution >= 4 is 0 Å². The van der Waals surface area contributed by atoms with Gasteiger partial charge in [-0.15, -0.1) is 0 Å². The summed E-state index contributed by atoms with van der Waals surface area (Å²) in [4.78, 5) is 0. The zero-order valence-corrected chi connectivity index (χ0v) is 11.5. The third-order valence-electron chi connectivity index (χ3n) is 3.07. The van der Waals surface area contributed by atoms with Crippen molar-refractivity contribution in [2.45, 2.75) is 51.9 Å². The fourth-order valence-corrected chi connectivity index (χ4v) is 2.14. The van der Waals surface area contributed by atoms with Gasteiger partial charge in [-0.05, 0) is 40.2 Å². The Labute approximate surface area is 105 Å². The highest BCUT2D eigenvalue weighted by molar-refractivity contribution is 4.82. The van der Waals surface area contributed by atoms with Gasteiger partial charge in [-0.2, -0.15) is 0 Å². The van der Waals surface area contributed by atoms with Crippen LogP contribution in [0.25, 0.3) is 0 Å². The van der Waals surface area contributed by atoms with Crippen molar-refractivity contribution in [1.29, 1.82) is 0 Å². The highest BCUT2D eigenvalue weighted by Crippen LogP contribution is 2.20. The minimum absolute atomic E-state index is 0.0127. The number of rotatable bonds is 8. The molecular weight excluding hydrogens is 218 g/mol. The predicted octanol–water partition coefficient (Wildman–Crippen LogP) is 1.93. The molecule has 1 N–H and O–H groups in total. The van der Waals surface area contributed by atoms with Crippen LogP contribution in [0.1, 0.15) is 40.0 Å². The van der Waals surface area contributed by atoms with Crippen LogP contribution in [0, 0.1) is 0 Å². The lowest BCUT2D eigenvalue weighted by Gasteiger charge is -2.34.